The number of ether oxygens (including phenoxy) is 2. The van der Waals surface area contributed by atoms with Gasteiger partial charge in [-0.1, -0.05) is 6.07 Å². The lowest BCUT2D eigenvalue weighted by molar-refractivity contribution is -0.143. The SMILES string of the molecule is CCOC(=O)CN1C(=S)N[C@@H](c2ccccn2)[C@@H]1c1cccn1-c1ccc(OC)cc1. The summed E-state index contributed by atoms with van der Waals surface area (Å²) in [5.74, 6) is 0.470. The van der Waals surface area contributed by atoms with Gasteiger partial charge in [-0.2, -0.15) is 0 Å². The molecule has 2 atom stereocenters. The smallest absolute Gasteiger partial charge is 0.325 e. The van der Waals surface area contributed by atoms with Crippen molar-refractivity contribution in [2.75, 3.05) is 20.3 Å². The van der Waals surface area contributed by atoms with Crippen LogP contribution < -0.4 is 10.1 Å². The van der Waals surface area contributed by atoms with E-state index in [9.17, 15) is 4.79 Å². The summed E-state index contributed by atoms with van der Waals surface area (Å²) < 4.78 is 12.6. The van der Waals surface area contributed by atoms with E-state index in [1.54, 1.807) is 20.2 Å². The molecule has 0 aliphatic carbocycles. The standard InChI is InChI=1S/C23H24N4O3S/c1-3-30-20(28)15-27-22(21(25-23(27)31)18-7-4-5-13-24-18)19-8-6-14-26(19)16-9-11-17(29-2)12-10-16/h4-14,21-22H,3,15H2,1-2H3,(H,25,31)/t21-,22-/m0/s1. The summed E-state index contributed by atoms with van der Waals surface area (Å²) in [7, 11) is 1.64. The molecule has 0 unspecified atom stereocenters. The highest BCUT2D eigenvalue weighted by Crippen LogP contribution is 2.39. The number of nitrogens with one attached hydrogen (secondary N) is 1. The van der Waals surface area contributed by atoms with Crippen LogP contribution in [0.5, 0.6) is 5.75 Å². The van der Waals surface area contributed by atoms with Crippen molar-refractivity contribution in [1.29, 1.82) is 0 Å². The number of aromatic nitrogens is 2. The molecule has 160 valence electrons. The first-order chi connectivity index (χ1) is 15.1. The molecule has 1 aromatic carbocycles. The summed E-state index contributed by atoms with van der Waals surface area (Å²) in [6, 6.07) is 17.2. The number of hydrogen-bond acceptors (Lipinski definition) is 5. The van der Waals surface area contributed by atoms with Gasteiger partial charge in [-0.15, -0.1) is 0 Å². The van der Waals surface area contributed by atoms with Crippen LogP contribution in [0.4, 0.5) is 0 Å². The summed E-state index contributed by atoms with van der Waals surface area (Å²) in [4.78, 5) is 18.8. The van der Waals surface area contributed by atoms with Gasteiger partial charge in [0.15, 0.2) is 5.11 Å². The minimum atomic E-state index is -0.319. The molecule has 0 spiro atoms. The zero-order chi connectivity index (χ0) is 21.8. The number of hydrogen-bond donors (Lipinski definition) is 1. The first-order valence-electron chi connectivity index (χ1n) is 10.1. The van der Waals surface area contributed by atoms with Gasteiger partial charge < -0.3 is 24.3 Å². The Hall–Kier alpha value is -3.39. The van der Waals surface area contributed by atoms with Gasteiger partial charge in [-0.25, -0.2) is 0 Å². The van der Waals surface area contributed by atoms with Gasteiger partial charge in [0.05, 0.1) is 31.5 Å². The van der Waals surface area contributed by atoms with E-state index in [4.69, 9.17) is 21.7 Å². The van der Waals surface area contributed by atoms with Crippen molar-refractivity contribution in [3.05, 3.63) is 78.4 Å². The van der Waals surface area contributed by atoms with E-state index in [2.05, 4.69) is 14.9 Å². The zero-order valence-electron chi connectivity index (χ0n) is 17.4. The highest BCUT2D eigenvalue weighted by Gasteiger charge is 2.42. The summed E-state index contributed by atoms with van der Waals surface area (Å²) in [5.41, 5.74) is 2.82. The molecule has 1 N–H and O–H groups in total. The van der Waals surface area contributed by atoms with Crippen molar-refractivity contribution >= 4 is 23.3 Å². The number of carbonyl (C=O) groups is 1. The minimum Gasteiger partial charge on any atom is -0.497 e. The van der Waals surface area contributed by atoms with Crippen molar-refractivity contribution < 1.29 is 14.3 Å². The van der Waals surface area contributed by atoms with Crippen molar-refractivity contribution in [2.24, 2.45) is 0 Å². The normalized spacial score (nSPS) is 18.0. The van der Waals surface area contributed by atoms with Gasteiger partial charge in [-0.3, -0.25) is 9.78 Å². The monoisotopic (exact) mass is 436 g/mol. The van der Waals surface area contributed by atoms with Crippen molar-refractivity contribution in [3.63, 3.8) is 0 Å². The van der Waals surface area contributed by atoms with Gasteiger partial charge >= 0.3 is 5.97 Å². The molecular formula is C23H24N4O3S. The number of esters is 1. The molecule has 1 saturated heterocycles. The summed E-state index contributed by atoms with van der Waals surface area (Å²) >= 11 is 5.62. The maximum Gasteiger partial charge on any atom is 0.325 e. The second-order valence-electron chi connectivity index (χ2n) is 7.06. The number of thiocarbonyl (C=S) groups is 1. The largest absolute Gasteiger partial charge is 0.497 e. The van der Waals surface area contributed by atoms with Gasteiger partial charge in [0.25, 0.3) is 0 Å². The second kappa shape index (κ2) is 9.18. The van der Waals surface area contributed by atoms with E-state index in [1.165, 1.54) is 0 Å². The minimum absolute atomic E-state index is 0.0570. The molecule has 0 amide bonds. The van der Waals surface area contributed by atoms with E-state index in [0.717, 1.165) is 22.8 Å². The van der Waals surface area contributed by atoms with Crippen molar-refractivity contribution in [1.82, 2.24) is 19.8 Å². The fraction of sp³-hybridized carbons (Fsp3) is 0.261. The van der Waals surface area contributed by atoms with E-state index < -0.39 is 0 Å². The van der Waals surface area contributed by atoms with Crippen molar-refractivity contribution in [2.45, 2.75) is 19.0 Å². The van der Waals surface area contributed by atoms with Crippen LogP contribution in [-0.4, -0.2) is 45.8 Å². The lowest BCUT2D eigenvalue weighted by Crippen LogP contribution is -2.36. The molecule has 1 fully saturated rings. The average molecular weight is 437 g/mol. The first-order valence-corrected chi connectivity index (χ1v) is 10.5. The predicted molar refractivity (Wildman–Crippen MR) is 121 cm³/mol. The number of methoxy groups -OCH3 is 1. The zero-order valence-corrected chi connectivity index (χ0v) is 18.2. The molecule has 0 bridgehead atoms. The van der Waals surface area contributed by atoms with E-state index in [1.807, 2.05) is 65.7 Å². The number of nitrogens with zero attached hydrogens (tertiary/aromatic N) is 3. The van der Waals surface area contributed by atoms with Crippen LogP contribution in [0.2, 0.25) is 0 Å². The molecule has 8 heteroatoms. The molecule has 7 nitrogen and oxygen atoms in total. The van der Waals surface area contributed by atoms with E-state index in [0.29, 0.717) is 11.7 Å². The number of rotatable bonds is 7. The van der Waals surface area contributed by atoms with Crippen LogP contribution in [0.1, 0.15) is 30.4 Å². The second-order valence-corrected chi connectivity index (χ2v) is 7.45. The number of pyridine rings is 1. The van der Waals surface area contributed by atoms with E-state index >= 15 is 0 Å². The topological polar surface area (TPSA) is 68.6 Å². The third kappa shape index (κ3) is 4.25. The highest BCUT2D eigenvalue weighted by atomic mass is 32.1. The summed E-state index contributed by atoms with van der Waals surface area (Å²) in [6.07, 6.45) is 3.75. The van der Waals surface area contributed by atoms with Crippen LogP contribution in [0.15, 0.2) is 67.0 Å². The van der Waals surface area contributed by atoms with Crippen LogP contribution in [-0.2, 0) is 9.53 Å². The lowest BCUT2D eigenvalue weighted by atomic mass is 10.0. The number of carbonyl (C=O) groups excluding carboxylic acids is 1. The Morgan fingerprint density at radius 1 is 1.16 bits per heavy atom. The number of benzene rings is 1. The molecular weight excluding hydrogens is 412 g/mol. The summed E-state index contributed by atoms with van der Waals surface area (Å²) in [6.45, 7) is 2.17. The Balaban J connectivity index is 1.76. The van der Waals surface area contributed by atoms with Gasteiger partial charge in [0.2, 0.25) is 0 Å². The fourth-order valence-electron chi connectivity index (χ4n) is 3.86. The Labute approximate surface area is 186 Å². The average Bonchev–Trinajstić information content (AvgIpc) is 3.39. The Morgan fingerprint density at radius 3 is 2.65 bits per heavy atom. The molecule has 0 saturated carbocycles. The van der Waals surface area contributed by atoms with Gasteiger partial charge in [0, 0.05) is 23.8 Å². The van der Waals surface area contributed by atoms with Gasteiger partial charge in [0.1, 0.15) is 12.3 Å². The molecule has 1 aliphatic heterocycles. The van der Waals surface area contributed by atoms with E-state index in [-0.39, 0.29) is 24.6 Å². The lowest BCUT2D eigenvalue weighted by Gasteiger charge is -2.28. The maximum absolute atomic E-state index is 12.3. The first kappa shape index (κ1) is 20.9. The van der Waals surface area contributed by atoms with Crippen LogP contribution in [0.3, 0.4) is 0 Å². The molecule has 31 heavy (non-hydrogen) atoms. The highest BCUT2D eigenvalue weighted by molar-refractivity contribution is 7.80. The Morgan fingerprint density at radius 2 is 1.97 bits per heavy atom. The van der Waals surface area contributed by atoms with Gasteiger partial charge in [-0.05, 0) is 67.7 Å². The maximum atomic E-state index is 12.3. The third-order valence-corrected chi connectivity index (χ3v) is 5.59. The molecule has 2 aromatic heterocycles. The molecule has 3 heterocycles. The Kier molecular flexibility index (Phi) is 6.18. The molecule has 4 rings (SSSR count). The van der Waals surface area contributed by atoms with Crippen LogP contribution in [0, 0.1) is 0 Å². The molecule has 0 radical (unpaired) electrons. The Bertz CT molecular complexity index is 1050. The summed E-state index contributed by atoms with van der Waals surface area (Å²) in [5, 5.41) is 3.85. The molecule has 3 aromatic rings. The predicted octanol–water partition coefficient (Wildman–Crippen LogP) is 3.42. The van der Waals surface area contributed by atoms with Crippen LogP contribution >= 0.6 is 12.2 Å². The van der Waals surface area contributed by atoms with Crippen molar-refractivity contribution in [3.8, 4) is 11.4 Å². The fourth-order valence-corrected chi connectivity index (χ4v) is 4.16. The van der Waals surface area contributed by atoms with Crippen LogP contribution in [0.25, 0.3) is 5.69 Å². The quantitative estimate of drug-likeness (QED) is 0.450. The molecule has 1 aliphatic rings. The third-order valence-electron chi connectivity index (χ3n) is 5.24.